The van der Waals surface area contributed by atoms with Crippen LogP contribution in [0.15, 0.2) is 0 Å². The van der Waals surface area contributed by atoms with Crippen LogP contribution < -0.4 is 10.6 Å². The third-order valence-electron chi connectivity index (χ3n) is 3.05. The molecule has 4 nitrogen and oxygen atoms in total. The highest BCUT2D eigenvalue weighted by molar-refractivity contribution is 5.66. The first-order valence-corrected chi connectivity index (χ1v) is 6.86. The van der Waals surface area contributed by atoms with Crippen LogP contribution in [0.25, 0.3) is 0 Å². The van der Waals surface area contributed by atoms with Gasteiger partial charge in [-0.2, -0.15) is 5.10 Å². The number of nitrogens with zero attached hydrogens (tertiary/aromatic N) is 3. The van der Waals surface area contributed by atoms with Crippen molar-refractivity contribution in [2.24, 2.45) is 5.92 Å². The normalized spacial score (nSPS) is 11.9. The molecule has 0 aliphatic heterocycles. The summed E-state index contributed by atoms with van der Waals surface area (Å²) >= 11 is 0. The number of aryl methyl sites for hydroxylation is 1. The van der Waals surface area contributed by atoms with Gasteiger partial charge in [0.25, 0.3) is 0 Å². The quantitative estimate of drug-likeness (QED) is 0.875. The number of nitrogens with two attached hydrogens (primary N) is 1. The van der Waals surface area contributed by atoms with Gasteiger partial charge in [0, 0.05) is 18.6 Å². The van der Waals surface area contributed by atoms with Crippen molar-refractivity contribution in [3.8, 4) is 0 Å². The van der Waals surface area contributed by atoms with Gasteiger partial charge in [-0.15, -0.1) is 0 Å². The van der Waals surface area contributed by atoms with Crippen molar-refractivity contribution >= 4 is 11.5 Å². The molecule has 0 aromatic carbocycles. The molecule has 0 spiro atoms. The SMILES string of the molecule is Cc1nn(C(C)C)c(N(CC(C)C)C(C)C)c1N. The van der Waals surface area contributed by atoms with Crippen molar-refractivity contribution < 1.29 is 0 Å². The van der Waals surface area contributed by atoms with E-state index >= 15 is 0 Å². The third kappa shape index (κ3) is 2.98. The summed E-state index contributed by atoms with van der Waals surface area (Å²) in [4.78, 5) is 2.36. The highest BCUT2D eigenvalue weighted by atomic mass is 15.4. The van der Waals surface area contributed by atoms with E-state index in [1.165, 1.54) is 0 Å². The van der Waals surface area contributed by atoms with Crippen molar-refractivity contribution in [1.82, 2.24) is 9.78 Å². The molecule has 0 bridgehead atoms. The first-order valence-electron chi connectivity index (χ1n) is 6.86. The first kappa shape index (κ1) is 14.9. The van der Waals surface area contributed by atoms with E-state index in [1.54, 1.807) is 0 Å². The minimum atomic E-state index is 0.324. The van der Waals surface area contributed by atoms with Crippen LogP contribution in [0.3, 0.4) is 0 Å². The van der Waals surface area contributed by atoms with Gasteiger partial charge in [0.05, 0.1) is 11.4 Å². The number of hydrogen-bond acceptors (Lipinski definition) is 3. The van der Waals surface area contributed by atoms with Crippen LogP contribution in [0.4, 0.5) is 11.5 Å². The molecule has 0 aliphatic rings. The maximum atomic E-state index is 6.23. The van der Waals surface area contributed by atoms with Crippen molar-refractivity contribution in [2.45, 2.75) is 60.5 Å². The number of hydrogen-bond donors (Lipinski definition) is 1. The minimum Gasteiger partial charge on any atom is -0.394 e. The van der Waals surface area contributed by atoms with Crippen LogP contribution in [0, 0.1) is 12.8 Å². The second-order valence-corrected chi connectivity index (χ2v) is 6.00. The van der Waals surface area contributed by atoms with Gasteiger partial charge in [-0.1, -0.05) is 13.8 Å². The molecule has 0 radical (unpaired) electrons. The summed E-state index contributed by atoms with van der Waals surface area (Å²) in [5, 5.41) is 4.57. The Kier molecular flexibility index (Phi) is 4.65. The molecule has 4 heteroatoms. The van der Waals surface area contributed by atoms with Crippen LogP contribution in [-0.2, 0) is 0 Å². The molecule has 104 valence electrons. The molecule has 0 fully saturated rings. The summed E-state index contributed by atoms with van der Waals surface area (Å²) in [7, 11) is 0. The van der Waals surface area contributed by atoms with E-state index in [-0.39, 0.29) is 0 Å². The molecular formula is C14H28N4. The summed E-state index contributed by atoms with van der Waals surface area (Å²) in [5.41, 5.74) is 7.97. The Morgan fingerprint density at radius 2 is 1.72 bits per heavy atom. The average molecular weight is 252 g/mol. The van der Waals surface area contributed by atoms with Crippen molar-refractivity contribution in [2.75, 3.05) is 17.2 Å². The van der Waals surface area contributed by atoms with Crippen molar-refractivity contribution in [3.05, 3.63) is 5.69 Å². The standard InChI is InChI=1S/C14H28N4/c1-9(2)8-17(10(3)4)14-13(15)12(7)16-18(14)11(5)6/h9-11H,8,15H2,1-7H3. The molecule has 0 aliphatic carbocycles. The molecule has 1 rings (SSSR count). The topological polar surface area (TPSA) is 47.1 Å². The number of nitrogen functional groups attached to an aromatic ring is 1. The van der Waals surface area contributed by atoms with E-state index < -0.39 is 0 Å². The van der Waals surface area contributed by atoms with E-state index in [1.807, 2.05) is 11.6 Å². The summed E-state index contributed by atoms with van der Waals surface area (Å²) in [6, 6.07) is 0.743. The Morgan fingerprint density at radius 3 is 2.11 bits per heavy atom. The molecule has 2 N–H and O–H groups in total. The van der Waals surface area contributed by atoms with E-state index in [2.05, 4.69) is 51.5 Å². The smallest absolute Gasteiger partial charge is 0.151 e. The summed E-state index contributed by atoms with van der Waals surface area (Å²) < 4.78 is 2.05. The number of anilines is 2. The molecule has 0 unspecified atom stereocenters. The lowest BCUT2D eigenvalue weighted by Crippen LogP contribution is -2.36. The predicted octanol–water partition coefficient (Wildman–Crippen LogP) is 3.23. The molecule has 0 amide bonds. The van der Waals surface area contributed by atoms with Crippen molar-refractivity contribution in [1.29, 1.82) is 0 Å². The van der Waals surface area contributed by atoms with Crippen LogP contribution in [0.2, 0.25) is 0 Å². The lowest BCUT2D eigenvalue weighted by atomic mass is 10.1. The molecule has 1 aromatic heterocycles. The molecule has 1 heterocycles. The molecular weight excluding hydrogens is 224 g/mol. The Balaban J connectivity index is 3.26. The Bertz CT molecular complexity index is 391. The zero-order chi connectivity index (χ0) is 14.0. The minimum absolute atomic E-state index is 0.324. The van der Waals surface area contributed by atoms with Gasteiger partial charge in [-0.25, -0.2) is 4.68 Å². The molecule has 0 saturated carbocycles. The fraction of sp³-hybridized carbons (Fsp3) is 0.786. The zero-order valence-corrected chi connectivity index (χ0v) is 12.9. The number of rotatable bonds is 5. The predicted molar refractivity (Wildman–Crippen MR) is 79.1 cm³/mol. The van der Waals surface area contributed by atoms with E-state index in [9.17, 15) is 0 Å². The summed E-state index contributed by atoms with van der Waals surface area (Å²) in [5.74, 6) is 1.67. The van der Waals surface area contributed by atoms with Gasteiger partial charge in [0.15, 0.2) is 5.82 Å². The highest BCUT2D eigenvalue weighted by Gasteiger charge is 2.23. The molecule has 0 saturated heterocycles. The Hall–Kier alpha value is -1.19. The van der Waals surface area contributed by atoms with Gasteiger partial charge >= 0.3 is 0 Å². The second kappa shape index (κ2) is 5.63. The summed E-state index contributed by atoms with van der Waals surface area (Å²) in [6.07, 6.45) is 0. The largest absolute Gasteiger partial charge is 0.394 e. The van der Waals surface area contributed by atoms with E-state index in [0.29, 0.717) is 18.0 Å². The van der Waals surface area contributed by atoms with E-state index in [4.69, 9.17) is 5.73 Å². The lowest BCUT2D eigenvalue weighted by Gasteiger charge is -2.32. The first-order chi connectivity index (χ1) is 8.25. The average Bonchev–Trinajstić information content (AvgIpc) is 2.52. The summed E-state index contributed by atoms with van der Waals surface area (Å²) in [6.45, 7) is 16.1. The third-order valence-corrected chi connectivity index (χ3v) is 3.05. The fourth-order valence-electron chi connectivity index (χ4n) is 2.13. The molecule has 0 atom stereocenters. The van der Waals surface area contributed by atoms with Crippen molar-refractivity contribution in [3.63, 3.8) is 0 Å². The van der Waals surface area contributed by atoms with Gasteiger partial charge in [-0.3, -0.25) is 0 Å². The maximum absolute atomic E-state index is 6.23. The Labute approximate surface area is 111 Å². The second-order valence-electron chi connectivity index (χ2n) is 6.00. The van der Waals surface area contributed by atoms with Crippen LogP contribution >= 0.6 is 0 Å². The maximum Gasteiger partial charge on any atom is 0.151 e. The fourth-order valence-corrected chi connectivity index (χ4v) is 2.13. The Morgan fingerprint density at radius 1 is 1.17 bits per heavy atom. The zero-order valence-electron chi connectivity index (χ0n) is 12.9. The lowest BCUT2D eigenvalue weighted by molar-refractivity contribution is 0.496. The van der Waals surface area contributed by atoms with Gasteiger partial charge in [0.2, 0.25) is 0 Å². The van der Waals surface area contributed by atoms with Gasteiger partial charge in [0.1, 0.15) is 0 Å². The van der Waals surface area contributed by atoms with Gasteiger partial charge < -0.3 is 10.6 Å². The van der Waals surface area contributed by atoms with Crippen LogP contribution in [-0.4, -0.2) is 22.4 Å². The molecule has 1 aromatic rings. The van der Waals surface area contributed by atoms with Crippen LogP contribution in [0.1, 0.15) is 53.3 Å². The van der Waals surface area contributed by atoms with E-state index in [0.717, 1.165) is 23.7 Å². The van der Waals surface area contributed by atoms with Crippen LogP contribution in [0.5, 0.6) is 0 Å². The monoisotopic (exact) mass is 252 g/mol. The molecule has 18 heavy (non-hydrogen) atoms. The number of aromatic nitrogens is 2. The van der Waals surface area contributed by atoms with Gasteiger partial charge in [-0.05, 0) is 40.5 Å². The highest BCUT2D eigenvalue weighted by Crippen LogP contribution is 2.31.